The van der Waals surface area contributed by atoms with Crippen LogP contribution < -0.4 is 16.0 Å². The molecule has 2 aliphatic heterocycles. The lowest BCUT2D eigenvalue weighted by atomic mass is 10.1. The lowest BCUT2D eigenvalue weighted by Crippen LogP contribution is -2.50. The van der Waals surface area contributed by atoms with Gasteiger partial charge in [-0.3, -0.25) is 5.32 Å². The monoisotopic (exact) mass is 501 g/mol. The van der Waals surface area contributed by atoms with E-state index in [0.717, 1.165) is 18.4 Å². The number of amides is 3. The Balaban J connectivity index is 1.45. The third kappa shape index (κ3) is 6.76. The molecule has 2 aromatic rings. The SMILES string of the molecule is CC(C)NC(=O)Nc1cn(-c2cccc(F)c2)cc1C1OC1N[C@H]1CCCN(C(=O)OC(C)(C)C)C1. The number of benzene rings is 1. The lowest BCUT2D eigenvalue weighted by molar-refractivity contribution is 0.0183. The van der Waals surface area contributed by atoms with Gasteiger partial charge in [-0.05, 0) is 65.7 Å². The Bertz CT molecular complexity index is 1100. The van der Waals surface area contributed by atoms with Crippen molar-refractivity contribution in [3.63, 3.8) is 0 Å². The number of nitrogens with zero attached hydrogens (tertiary/aromatic N) is 2. The number of nitrogens with one attached hydrogen (secondary N) is 3. The van der Waals surface area contributed by atoms with Gasteiger partial charge in [0, 0.05) is 48.8 Å². The van der Waals surface area contributed by atoms with Gasteiger partial charge in [-0.2, -0.15) is 0 Å². The van der Waals surface area contributed by atoms with E-state index < -0.39 is 5.60 Å². The third-order valence-electron chi connectivity index (χ3n) is 5.90. The van der Waals surface area contributed by atoms with Gasteiger partial charge in [0.15, 0.2) is 0 Å². The zero-order valence-corrected chi connectivity index (χ0v) is 21.5. The van der Waals surface area contributed by atoms with Crippen LogP contribution in [0.25, 0.3) is 5.69 Å². The normalized spacial score (nSPS) is 21.9. The van der Waals surface area contributed by atoms with Gasteiger partial charge in [0.05, 0.1) is 5.69 Å². The summed E-state index contributed by atoms with van der Waals surface area (Å²) in [6, 6.07) is 5.96. The molecule has 2 unspecified atom stereocenters. The van der Waals surface area contributed by atoms with Crippen LogP contribution in [0.4, 0.5) is 19.7 Å². The van der Waals surface area contributed by atoms with E-state index in [1.165, 1.54) is 12.1 Å². The molecule has 2 fully saturated rings. The maximum atomic E-state index is 13.8. The molecule has 1 aromatic heterocycles. The Morgan fingerprint density at radius 1 is 1.22 bits per heavy atom. The predicted molar refractivity (Wildman–Crippen MR) is 135 cm³/mol. The molecule has 0 radical (unpaired) electrons. The first-order valence-corrected chi connectivity index (χ1v) is 12.4. The van der Waals surface area contributed by atoms with Gasteiger partial charge < -0.3 is 29.6 Å². The van der Waals surface area contributed by atoms with Crippen LogP contribution in [0, 0.1) is 5.82 Å². The van der Waals surface area contributed by atoms with Crippen molar-refractivity contribution >= 4 is 17.8 Å². The van der Waals surface area contributed by atoms with Crippen molar-refractivity contribution in [2.24, 2.45) is 0 Å². The standard InChI is InChI=1S/C26H36FN5O4/c1-16(2)28-24(33)30-21-15-32(19-10-6-8-17(27)12-19)14-20(21)22-23(35-22)29-18-9-7-11-31(13-18)25(34)36-26(3,4)5/h6,8,10,12,14-16,18,22-23,29H,7,9,11,13H2,1-5H3,(H2,28,30,33)/t18-,22?,23?/m0/s1. The van der Waals surface area contributed by atoms with Crippen LogP contribution in [0.1, 0.15) is 59.1 Å². The topological polar surface area (TPSA) is 100 Å². The second-order valence-electron chi connectivity index (χ2n) is 10.7. The zero-order valence-electron chi connectivity index (χ0n) is 21.5. The van der Waals surface area contributed by atoms with E-state index in [9.17, 15) is 14.0 Å². The number of rotatable bonds is 6. The highest BCUT2D eigenvalue weighted by Crippen LogP contribution is 2.42. The second-order valence-corrected chi connectivity index (χ2v) is 10.7. The number of likely N-dealkylation sites (tertiary alicyclic amines) is 1. The molecule has 3 heterocycles. The molecule has 3 atom stereocenters. The molecular weight excluding hydrogens is 465 g/mol. The summed E-state index contributed by atoms with van der Waals surface area (Å²) in [4.78, 5) is 26.6. The van der Waals surface area contributed by atoms with E-state index in [2.05, 4.69) is 16.0 Å². The maximum Gasteiger partial charge on any atom is 0.410 e. The highest BCUT2D eigenvalue weighted by atomic mass is 19.1. The summed E-state index contributed by atoms with van der Waals surface area (Å²) in [5.41, 5.74) is 1.47. The number of hydrogen-bond acceptors (Lipinski definition) is 5. The third-order valence-corrected chi connectivity index (χ3v) is 5.90. The number of aromatic nitrogens is 1. The summed E-state index contributed by atoms with van der Waals surface area (Å²) in [7, 11) is 0. The number of epoxide rings is 1. The minimum atomic E-state index is -0.539. The Hall–Kier alpha value is -3.11. The summed E-state index contributed by atoms with van der Waals surface area (Å²) in [6.07, 6.45) is 4.53. The van der Waals surface area contributed by atoms with E-state index in [1.807, 2.05) is 40.8 Å². The molecule has 3 N–H and O–H groups in total. The van der Waals surface area contributed by atoms with Gasteiger partial charge in [-0.1, -0.05) is 6.07 Å². The van der Waals surface area contributed by atoms with Crippen molar-refractivity contribution < 1.29 is 23.5 Å². The van der Waals surface area contributed by atoms with Gasteiger partial charge in [-0.15, -0.1) is 0 Å². The molecule has 0 saturated carbocycles. The number of anilines is 1. The zero-order chi connectivity index (χ0) is 26.0. The summed E-state index contributed by atoms with van der Waals surface area (Å²) >= 11 is 0. The first kappa shape index (κ1) is 26.0. The van der Waals surface area contributed by atoms with Gasteiger partial charge in [-0.25, -0.2) is 14.0 Å². The van der Waals surface area contributed by atoms with Crippen molar-refractivity contribution in [2.75, 3.05) is 18.4 Å². The molecular formula is C26H36FN5O4. The number of carbonyl (C=O) groups excluding carboxylic acids is 2. The molecule has 10 heteroatoms. The van der Waals surface area contributed by atoms with Crippen molar-refractivity contribution in [3.05, 3.63) is 48.0 Å². The van der Waals surface area contributed by atoms with Crippen molar-refractivity contribution in [3.8, 4) is 5.69 Å². The lowest BCUT2D eigenvalue weighted by Gasteiger charge is -2.34. The molecule has 0 aliphatic carbocycles. The van der Waals surface area contributed by atoms with E-state index >= 15 is 0 Å². The van der Waals surface area contributed by atoms with Crippen LogP contribution in [0.3, 0.4) is 0 Å². The van der Waals surface area contributed by atoms with Gasteiger partial charge in [0.2, 0.25) is 0 Å². The summed E-state index contributed by atoms with van der Waals surface area (Å²) in [6.45, 7) is 10.5. The number of ether oxygens (including phenoxy) is 2. The Morgan fingerprint density at radius 3 is 2.69 bits per heavy atom. The largest absolute Gasteiger partial charge is 0.444 e. The summed E-state index contributed by atoms with van der Waals surface area (Å²) in [5.74, 6) is -0.344. The maximum absolute atomic E-state index is 13.8. The van der Waals surface area contributed by atoms with E-state index in [1.54, 1.807) is 27.8 Å². The molecule has 36 heavy (non-hydrogen) atoms. The van der Waals surface area contributed by atoms with Crippen molar-refractivity contribution in [2.45, 2.75) is 77.5 Å². The fourth-order valence-electron chi connectivity index (χ4n) is 4.32. The predicted octanol–water partition coefficient (Wildman–Crippen LogP) is 4.53. The second kappa shape index (κ2) is 10.5. The molecule has 9 nitrogen and oxygen atoms in total. The summed E-state index contributed by atoms with van der Waals surface area (Å²) < 4.78 is 27.1. The van der Waals surface area contributed by atoms with Crippen LogP contribution >= 0.6 is 0 Å². The number of piperidine rings is 1. The highest BCUT2D eigenvalue weighted by molar-refractivity contribution is 5.90. The molecule has 0 spiro atoms. The fraction of sp³-hybridized carbons (Fsp3) is 0.538. The molecule has 4 rings (SSSR count). The Labute approximate surface area is 211 Å². The Kier molecular flexibility index (Phi) is 7.56. The molecule has 3 amide bonds. The highest BCUT2D eigenvalue weighted by Gasteiger charge is 2.44. The minimum absolute atomic E-state index is 0.0236. The number of urea groups is 1. The van der Waals surface area contributed by atoms with Crippen molar-refractivity contribution in [1.82, 2.24) is 20.1 Å². The van der Waals surface area contributed by atoms with Crippen LogP contribution in [0.15, 0.2) is 36.7 Å². The minimum Gasteiger partial charge on any atom is -0.444 e. The van der Waals surface area contributed by atoms with Crippen molar-refractivity contribution in [1.29, 1.82) is 0 Å². The molecule has 2 saturated heterocycles. The Morgan fingerprint density at radius 2 is 2.00 bits per heavy atom. The number of carbonyl (C=O) groups is 2. The van der Waals surface area contributed by atoms with E-state index in [-0.39, 0.29) is 42.4 Å². The first-order valence-electron chi connectivity index (χ1n) is 12.4. The van der Waals surface area contributed by atoms with Gasteiger partial charge in [0.1, 0.15) is 23.8 Å². The summed E-state index contributed by atoms with van der Waals surface area (Å²) in [5, 5.41) is 9.20. The average Bonchev–Trinajstić information content (AvgIpc) is 3.40. The fourth-order valence-corrected chi connectivity index (χ4v) is 4.32. The quantitative estimate of drug-likeness (QED) is 0.505. The smallest absolute Gasteiger partial charge is 0.410 e. The van der Waals surface area contributed by atoms with Crippen LogP contribution in [0.5, 0.6) is 0 Å². The van der Waals surface area contributed by atoms with E-state index in [4.69, 9.17) is 9.47 Å². The first-order chi connectivity index (χ1) is 17.0. The molecule has 2 aliphatic rings. The van der Waals surface area contributed by atoms with Crippen LogP contribution in [0.2, 0.25) is 0 Å². The number of halogens is 1. The molecule has 1 aromatic carbocycles. The average molecular weight is 502 g/mol. The van der Waals surface area contributed by atoms with E-state index in [0.29, 0.717) is 24.5 Å². The molecule has 0 bridgehead atoms. The molecule has 196 valence electrons. The van der Waals surface area contributed by atoms with Gasteiger partial charge in [0.25, 0.3) is 0 Å². The van der Waals surface area contributed by atoms with Gasteiger partial charge >= 0.3 is 12.1 Å². The number of hydrogen-bond donors (Lipinski definition) is 3. The van der Waals surface area contributed by atoms with Crippen LogP contribution in [-0.4, -0.2) is 58.6 Å². The van der Waals surface area contributed by atoms with Crippen LogP contribution in [-0.2, 0) is 9.47 Å².